The molecule has 0 aliphatic heterocycles. The number of halogens is 2. The highest BCUT2D eigenvalue weighted by Gasteiger charge is 2.26. The van der Waals surface area contributed by atoms with E-state index in [1.54, 1.807) is 30.3 Å². The number of carbonyl (C=O) groups excluding carboxylic acids is 2. The Hall–Kier alpha value is -3.03. The summed E-state index contributed by atoms with van der Waals surface area (Å²) < 4.78 is 1.39. The molecule has 2 aromatic carbocycles. The molecule has 172 valence electrons. The van der Waals surface area contributed by atoms with Crippen molar-refractivity contribution in [2.75, 3.05) is 5.32 Å². The fourth-order valence-electron chi connectivity index (χ4n) is 4.13. The van der Waals surface area contributed by atoms with Crippen LogP contribution < -0.4 is 10.6 Å². The molecule has 33 heavy (non-hydrogen) atoms. The Morgan fingerprint density at radius 1 is 1.09 bits per heavy atom. The number of phenolic OH excluding ortho intramolecular Hbond substituents is 1. The monoisotopic (exact) mass is 486 g/mol. The zero-order valence-electron chi connectivity index (χ0n) is 18.1. The van der Waals surface area contributed by atoms with Crippen LogP contribution in [0.5, 0.6) is 5.75 Å². The van der Waals surface area contributed by atoms with E-state index in [2.05, 4.69) is 15.7 Å². The topological polar surface area (TPSA) is 96.3 Å². The van der Waals surface area contributed by atoms with Crippen LogP contribution in [0.3, 0.4) is 0 Å². The second-order valence-corrected chi connectivity index (χ2v) is 8.98. The second-order valence-electron chi connectivity index (χ2n) is 8.17. The maximum Gasteiger partial charge on any atom is 0.342 e. The largest absolute Gasteiger partial charge is 0.507 e. The lowest BCUT2D eigenvalue weighted by Gasteiger charge is -2.12. The van der Waals surface area contributed by atoms with Crippen LogP contribution in [-0.2, 0) is 11.3 Å². The minimum absolute atomic E-state index is 0.0277. The molecular formula is C24H24Cl2N4O3. The number of rotatable bonds is 5. The summed E-state index contributed by atoms with van der Waals surface area (Å²) in [5.41, 5.74) is 3.10. The molecular weight excluding hydrogens is 463 g/mol. The quantitative estimate of drug-likeness (QED) is 0.415. The first kappa shape index (κ1) is 23.1. The van der Waals surface area contributed by atoms with Crippen molar-refractivity contribution < 1.29 is 14.7 Å². The second kappa shape index (κ2) is 9.85. The van der Waals surface area contributed by atoms with E-state index in [1.807, 2.05) is 6.07 Å². The van der Waals surface area contributed by atoms with Gasteiger partial charge in [0.05, 0.1) is 21.4 Å². The molecule has 3 N–H and O–H groups in total. The molecule has 0 atom stereocenters. The van der Waals surface area contributed by atoms with Crippen LogP contribution in [0.1, 0.15) is 49.8 Å². The number of hydrogen-bond acceptors (Lipinski definition) is 4. The number of nitrogens with one attached hydrogen (secondary N) is 2. The molecule has 0 saturated heterocycles. The normalized spacial score (nSPS) is 13.8. The maximum atomic E-state index is 13.1. The molecule has 9 heteroatoms. The van der Waals surface area contributed by atoms with Crippen molar-refractivity contribution in [3.8, 4) is 17.0 Å². The smallest absolute Gasteiger partial charge is 0.342 e. The third-order valence-corrected chi connectivity index (χ3v) is 6.46. The Balaban J connectivity index is 1.61. The van der Waals surface area contributed by atoms with Crippen molar-refractivity contribution in [1.82, 2.24) is 15.1 Å². The summed E-state index contributed by atoms with van der Waals surface area (Å²) in [6.07, 6.45) is 4.18. The van der Waals surface area contributed by atoms with Crippen LogP contribution in [-0.4, -0.2) is 26.8 Å². The van der Waals surface area contributed by atoms with Gasteiger partial charge in [0.25, 0.3) is 0 Å². The van der Waals surface area contributed by atoms with E-state index < -0.39 is 0 Å². The molecule has 2 amide bonds. The van der Waals surface area contributed by atoms with Crippen LogP contribution in [0, 0.1) is 0 Å². The number of aromatic nitrogens is 2. The van der Waals surface area contributed by atoms with Gasteiger partial charge in [-0.3, -0.25) is 4.79 Å². The number of hydrogen-bond donors (Lipinski definition) is 3. The van der Waals surface area contributed by atoms with Gasteiger partial charge in [0.1, 0.15) is 5.75 Å². The number of phenols is 1. The molecule has 1 aromatic heterocycles. The highest BCUT2D eigenvalue weighted by Crippen LogP contribution is 2.38. The molecule has 7 nitrogen and oxygen atoms in total. The molecule has 0 unspecified atom stereocenters. The van der Waals surface area contributed by atoms with Gasteiger partial charge in [-0.05, 0) is 48.7 Å². The molecule has 0 bridgehead atoms. The lowest BCUT2D eigenvalue weighted by atomic mass is 10.0. The molecule has 1 aliphatic carbocycles. The van der Waals surface area contributed by atoms with Gasteiger partial charge >= 0.3 is 6.03 Å². The van der Waals surface area contributed by atoms with Crippen LogP contribution in [0.15, 0.2) is 42.5 Å². The van der Waals surface area contributed by atoms with Crippen molar-refractivity contribution >= 4 is 40.8 Å². The molecule has 1 saturated carbocycles. The average Bonchev–Trinajstić information content (AvgIpc) is 3.44. The predicted octanol–water partition coefficient (Wildman–Crippen LogP) is 5.94. The molecule has 3 aromatic rings. The molecule has 1 fully saturated rings. The van der Waals surface area contributed by atoms with E-state index in [0.717, 1.165) is 36.9 Å². The molecule has 1 heterocycles. The minimum Gasteiger partial charge on any atom is -0.507 e. The van der Waals surface area contributed by atoms with Gasteiger partial charge in [-0.25, -0.2) is 4.79 Å². The highest BCUT2D eigenvalue weighted by molar-refractivity contribution is 6.42. The fraction of sp³-hybridized carbons (Fsp3) is 0.292. The first-order chi connectivity index (χ1) is 15.8. The molecule has 4 rings (SSSR count). The summed E-state index contributed by atoms with van der Waals surface area (Å²) in [4.78, 5) is 24.4. The lowest BCUT2D eigenvalue weighted by molar-refractivity contribution is -0.114. The van der Waals surface area contributed by atoms with E-state index in [0.29, 0.717) is 27.0 Å². The Morgan fingerprint density at radius 3 is 2.52 bits per heavy atom. The minimum atomic E-state index is -0.358. The fourth-order valence-corrected chi connectivity index (χ4v) is 4.45. The lowest BCUT2D eigenvalue weighted by Crippen LogP contribution is -2.30. The third kappa shape index (κ3) is 5.31. The summed E-state index contributed by atoms with van der Waals surface area (Å²) in [7, 11) is 0. The van der Waals surface area contributed by atoms with Crippen molar-refractivity contribution in [2.24, 2.45) is 0 Å². The van der Waals surface area contributed by atoms with Gasteiger partial charge < -0.3 is 15.7 Å². The van der Waals surface area contributed by atoms with E-state index in [-0.39, 0.29) is 30.2 Å². The van der Waals surface area contributed by atoms with Crippen LogP contribution in [0.2, 0.25) is 10.0 Å². The van der Waals surface area contributed by atoms with Crippen LogP contribution >= 0.6 is 23.2 Å². The van der Waals surface area contributed by atoms with Crippen molar-refractivity contribution in [2.45, 2.75) is 45.1 Å². The van der Waals surface area contributed by atoms with E-state index in [4.69, 9.17) is 23.2 Å². The van der Waals surface area contributed by atoms with E-state index >= 15 is 0 Å². The Bertz CT molecular complexity index is 1200. The van der Waals surface area contributed by atoms with Gasteiger partial charge in [-0.2, -0.15) is 9.78 Å². The number of carbonyl (C=O) groups is 2. The average molecular weight is 487 g/mol. The third-order valence-electron chi connectivity index (χ3n) is 5.72. The summed E-state index contributed by atoms with van der Waals surface area (Å²) in [5, 5.41) is 21.5. The highest BCUT2D eigenvalue weighted by atomic mass is 35.5. The Kier molecular flexibility index (Phi) is 6.91. The first-order valence-corrected chi connectivity index (χ1v) is 11.5. The summed E-state index contributed by atoms with van der Waals surface area (Å²) in [6, 6.07) is 11.5. The van der Waals surface area contributed by atoms with E-state index in [9.17, 15) is 14.7 Å². The standard InChI is InChI=1S/C24H24Cl2N4O3/c1-14(31)28-17-7-8-18(23(32)11-17)21-12-22(16-4-2-3-5-16)30(29-21)24(33)27-13-15-6-9-19(25)20(26)10-15/h6-12,16,32H,2-5,13H2,1H3,(H,27,33)(H,28,31). The number of anilines is 1. The summed E-state index contributed by atoms with van der Waals surface area (Å²) in [5.74, 6) is -0.0311. The van der Waals surface area contributed by atoms with Gasteiger partial charge in [-0.1, -0.05) is 42.1 Å². The SMILES string of the molecule is CC(=O)Nc1ccc(-c2cc(C3CCCC3)n(C(=O)NCc3ccc(Cl)c(Cl)c3)n2)c(O)c1. The Labute approximate surface area is 201 Å². The van der Waals surface area contributed by atoms with Crippen molar-refractivity contribution in [3.05, 3.63) is 63.8 Å². The maximum absolute atomic E-state index is 13.1. The van der Waals surface area contributed by atoms with Gasteiger partial charge in [0.2, 0.25) is 5.91 Å². The van der Waals surface area contributed by atoms with Gasteiger partial charge in [0, 0.05) is 36.7 Å². The molecule has 0 radical (unpaired) electrons. The van der Waals surface area contributed by atoms with E-state index in [1.165, 1.54) is 17.7 Å². The zero-order valence-corrected chi connectivity index (χ0v) is 19.6. The summed E-state index contributed by atoms with van der Waals surface area (Å²) >= 11 is 12.0. The van der Waals surface area contributed by atoms with Gasteiger partial charge in [-0.15, -0.1) is 0 Å². The number of nitrogens with zero attached hydrogens (tertiary/aromatic N) is 2. The Morgan fingerprint density at radius 2 is 1.85 bits per heavy atom. The van der Waals surface area contributed by atoms with Crippen molar-refractivity contribution in [1.29, 1.82) is 0 Å². The zero-order chi connectivity index (χ0) is 23.5. The predicted molar refractivity (Wildman–Crippen MR) is 129 cm³/mol. The molecule has 0 spiro atoms. The molecule has 1 aliphatic rings. The number of amides is 2. The van der Waals surface area contributed by atoms with Crippen LogP contribution in [0.4, 0.5) is 10.5 Å². The number of benzene rings is 2. The van der Waals surface area contributed by atoms with Gasteiger partial charge in [0.15, 0.2) is 0 Å². The van der Waals surface area contributed by atoms with Crippen molar-refractivity contribution in [3.63, 3.8) is 0 Å². The number of aromatic hydroxyl groups is 1. The van der Waals surface area contributed by atoms with Crippen LogP contribution in [0.25, 0.3) is 11.3 Å². The summed E-state index contributed by atoms with van der Waals surface area (Å²) in [6.45, 7) is 1.67. The first-order valence-electron chi connectivity index (χ1n) is 10.7.